The molecule has 1 fully saturated rings. The molecule has 0 aromatic carbocycles. The molecule has 0 bridgehead atoms. The second-order valence-electron chi connectivity index (χ2n) is 5.07. The van der Waals surface area contributed by atoms with Gasteiger partial charge in [-0.3, -0.25) is 9.59 Å². The minimum Gasteiger partial charge on any atom is -0.481 e. The van der Waals surface area contributed by atoms with E-state index in [1.807, 2.05) is 6.92 Å². The highest BCUT2D eigenvalue weighted by Gasteiger charge is 2.47. The maximum Gasteiger partial charge on any atom is 0.311 e. The van der Waals surface area contributed by atoms with Gasteiger partial charge in [0.2, 0.25) is 0 Å². The molecule has 98 valence electrons. The van der Waals surface area contributed by atoms with Gasteiger partial charge in [0.05, 0.1) is 11.5 Å². The van der Waals surface area contributed by atoms with Crippen LogP contribution in [0.3, 0.4) is 0 Å². The van der Waals surface area contributed by atoms with Gasteiger partial charge in [-0.05, 0) is 19.3 Å². The van der Waals surface area contributed by atoms with Gasteiger partial charge < -0.3 is 10.8 Å². The summed E-state index contributed by atoms with van der Waals surface area (Å²) >= 11 is 0. The number of nitrogens with two attached hydrogens (primary N) is 1. The van der Waals surface area contributed by atoms with Gasteiger partial charge in [-0.15, -0.1) is 0 Å². The Morgan fingerprint density at radius 1 is 1.29 bits per heavy atom. The van der Waals surface area contributed by atoms with E-state index in [0.29, 0.717) is 19.3 Å². The van der Waals surface area contributed by atoms with Crippen molar-refractivity contribution in [1.29, 1.82) is 0 Å². The first-order valence-electron chi connectivity index (χ1n) is 6.56. The quantitative estimate of drug-likeness (QED) is 0.746. The summed E-state index contributed by atoms with van der Waals surface area (Å²) in [5.41, 5.74) is 4.94. The lowest BCUT2D eigenvalue weighted by atomic mass is 9.67. The number of unbranched alkanes of at least 4 members (excludes halogenated alkanes) is 1. The normalized spacial score (nSPS) is 20.8. The minimum atomic E-state index is -0.997. The molecule has 0 aromatic rings. The molecule has 0 saturated heterocycles. The first kappa shape index (κ1) is 14.2. The van der Waals surface area contributed by atoms with Crippen LogP contribution in [0, 0.1) is 5.41 Å². The second kappa shape index (κ2) is 6.15. The number of carboxylic acids is 1. The van der Waals surface area contributed by atoms with Crippen LogP contribution in [0.5, 0.6) is 0 Å². The zero-order valence-corrected chi connectivity index (χ0v) is 10.6. The Balaban J connectivity index is 2.76. The first-order chi connectivity index (χ1) is 8.04. The fourth-order valence-corrected chi connectivity index (χ4v) is 2.66. The number of hydrogen-bond donors (Lipinski definition) is 2. The molecular weight excluding hydrogens is 218 g/mol. The molecule has 0 radical (unpaired) electrons. The van der Waals surface area contributed by atoms with Crippen LogP contribution in [-0.2, 0) is 9.59 Å². The van der Waals surface area contributed by atoms with E-state index in [9.17, 15) is 14.7 Å². The van der Waals surface area contributed by atoms with Crippen LogP contribution in [-0.4, -0.2) is 22.9 Å². The number of Topliss-reactive ketones (excluding diaryl/α,β-unsaturated/α-hetero) is 1. The van der Waals surface area contributed by atoms with E-state index in [1.54, 1.807) is 0 Å². The van der Waals surface area contributed by atoms with E-state index in [4.69, 9.17) is 5.73 Å². The molecule has 1 rings (SSSR count). The van der Waals surface area contributed by atoms with Gasteiger partial charge in [0.25, 0.3) is 0 Å². The molecule has 0 amide bonds. The van der Waals surface area contributed by atoms with Crippen LogP contribution in [0.1, 0.15) is 58.3 Å². The van der Waals surface area contributed by atoms with Crippen molar-refractivity contribution in [3.8, 4) is 0 Å². The number of carboxylic acid groups (broad SMARTS) is 1. The van der Waals surface area contributed by atoms with Crippen molar-refractivity contribution in [2.75, 3.05) is 0 Å². The summed E-state index contributed by atoms with van der Waals surface area (Å²) < 4.78 is 0. The van der Waals surface area contributed by atoms with Gasteiger partial charge >= 0.3 is 5.97 Å². The van der Waals surface area contributed by atoms with E-state index in [1.165, 1.54) is 0 Å². The highest BCUT2D eigenvalue weighted by Crippen LogP contribution is 2.39. The molecule has 0 aromatic heterocycles. The Bertz CT molecular complexity index is 282. The standard InChI is InChI=1S/C13H23NO3/c1-2-3-7-10(15)11(14)13(12(16)17)8-5-4-6-9-13/h11H,2-9,14H2,1H3,(H,16,17). The summed E-state index contributed by atoms with van der Waals surface area (Å²) in [4.78, 5) is 23.4. The highest BCUT2D eigenvalue weighted by atomic mass is 16.4. The van der Waals surface area contributed by atoms with Crippen LogP contribution < -0.4 is 5.73 Å². The molecule has 0 spiro atoms. The predicted molar refractivity (Wildman–Crippen MR) is 65.7 cm³/mol. The summed E-state index contributed by atoms with van der Waals surface area (Å²) in [5.74, 6) is -0.981. The Hall–Kier alpha value is -0.900. The maximum atomic E-state index is 11.9. The van der Waals surface area contributed by atoms with Gasteiger partial charge in [-0.2, -0.15) is 0 Å². The van der Waals surface area contributed by atoms with Crippen molar-refractivity contribution >= 4 is 11.8 Å². The van der Waals surface area contributed by atoms with Crippen LogP contribution in [0.4, 0.5) is 0 Å². The molecule has 4 heteroatoms. The number of hydrogen-bond acceptors (Lipinski definition) is 3. The van der Waals surface area contributed by atoms with E-state index in [-0.39, 0.29) is 5.78 Å². The predicted octanol–water partition coefficient (Wildman–Crippen LogP) is 2.11. The average Bonchev–Trinajstić information content (AvgIpc) is 2.35. The van der Waals surface area contributed by atoms with E-state index >= 15 is 0 Å². The van der Waals surface area contributed by atoms with Crippen molar-refractivity contribution in [2.45, 2.75) is 64.3 Å². The monoisotopic (exact) mass is 241 g/mol. The lowest BCUT2D eigenvalue weighted by molar-refractivity contribution is -0.155. The fourth-order valence-electron chi connectivity index (χ4n) is 2.66. The second-order valence-corrected chi connectivity index (χ2v) is 5.07. The van der Waals surface area contributed by atoms with Gasteiger partial charge in [0.15, 0.2) is 5.78 Å². The Morgan fingerprint density at radius 2 is 1.88 bits per heavy atom. The molecule has 0 heterocycles. The van der Waals surface area contributed by atoms with Crippen LogP contribution in [0.15, 0.2) is 0 Å². The summed E-state index contributed by atoms with van der Waals surface area (Å²) in [6.45, 7) is 2.01. The van der Waals surface area contributed by atoms with Crippen molar-refractivity contribution in [3.63, 3.8) is 0 Å². The molecule has 3 N–H and O–H groups in total. The number of rotatable bonds is 6. The van der Waals surface area contributed by atoms with Gasteiger partial charge in [-0.25, -0.2) is 0 Å². The Morgan fingerprint density at radius 3 is 2.35 bits per heavy atom. The van der Waals surface area contributed by atoms with Gasteiger partial charge in [0, 0.05) is 6.42 Å². The molecule has 4 nitrogen and oxygen atoms in total. The minimum absolute atomic E-state index is 0.0869. The molecule has 0 aliphatic heterocycles. The topological polar surface area (TPSA) is 80.4 Å². The smallest absolute Gasteiger partial charge is 0.311 e. The van der Waals surface area contributed by atoms with E-state index < -0.39 is 17.4 Å². The summed E-state index contributed by atoms with van der Waals surface area (Å²) in [6.07, 6.45) is 5.99. The fraction of sp³-hybridized carbons (Fsp3) is 0.846. The highest BCUT2D eigenvalue weighted by molar-refractivity contribution is 5.91. The molecule has 1 atom stereocenters. The average molecular weight is 241 g/mol. The van der Waals surface area contributed by atoms with Crippen LogP contribution >= 0.6 is 0 Å². The lowest BCUT2D eigenvalue weighted by Crippen LogP contribution is -2.53. The van der Waals surface area contributed by atoms with Crippen molar-refractivity contribution in [1.82, 2.24) is 0 Å². The third kappa shape index (κ3) is 3.06. The van der Waals surface area contributed by atoms with E-state index in [2.05, 4.69) is 0 Å². The molecule has 1 aliphatic rings. The largest absolute Gasteiger partial charge is 0.481 e. The molecule has 1 unspecified atom stereocenters. The zero-order valence-electron chi connectivity index (χ0n) is 10.6. The zero-order chi connectivity index (χ0) is 12.9. The maximum absolute atomic E-state index is 11.9. The molecule has 1 saturated carbocycles. The van der Waals surface area contributed by atoms with Gasteiger partial charge in [0.1, 0.15) is 0 Å². The Kier molecular flexibility index (Phi) is 5.12. The third-order valence-corrected chi connectivity index (χ3v) is 3.89. The molecule has 17 heavy (non-hydrogen) atoms. The number of aliphatic carboxylic acids is 1. The van der Waals surface area contributed by atoms with E-state index in [0.717, 1.165) is 32.1 Å². The molecule has 1 aliphatic carbocycles. The van der Waals surface area contributed by atoms with Gasteiger partial charge in [-0.1, -0.05) is 32.6 Å². The number of carbonyl (C=O) groups is 2. The number of carbonyl (C=O) groups excluding carboxylic acids is 1. The van der Waals surface area contributed by atoms with Crippen LogP contribution in [0.25, 0.3) is 0 Å². The first-order valence-corrected chi connectivity index (χ1v) is 6.56. The van der Waals surface area contributed by atoms with Crippen molar-refractivity contribution in [3.05, 3.63) is 0 Å². The number of ketones is 1. The summed E-state index contributed by atoms with van der Waals surface area (Å²) in [7, 11) is 0. The summed E-state index contributed by atoms with van der Waals surface area (Å²) in [5, 5.41) is 9.40. The summed E-state index contributed by atoms with van der Waals surface area (Å²) in [6, 6.07) is -0.827. The molecular formula is C13H23NO3. The SMILES string of the molecule is CCCCC(=O)C(N)C1(C(=O)O)CCCCC1. The van der Waals surface area contributed by atoms with Crippen molar-refractivity contribution in [2.24, 2.45) is 11.1 Å². The van der Waals surface area contributed by atoms with Crippen LogP contribution in [0.2, 0.25) is 0 Å². The van der Waals surface area contributed by atoms with Crippen molar-refractivity contribution < 1.29 is 14.7 Å². The lowest BCUT2D eigenvalue weighted by Gasteiger charge is -2.37. The Labute approximate surface area is 103 Å². The third-order valence-electron chi connectivity index (χ3n) is 3.89.